The molecule has 0 saturated heterocycles. The average molecular weight is 623 g/mol. The molecule has 260 valence electrons. The summed E-state index contributed by atoms with van der Waals surface area (Å²) < 4.78 is 10.6. The van der Waals surface area contributed by atoms with Crippen LogP contribution >= 0.6 is 0 Å². The summed E-state index contributed by atoms with van der Waals surface area (Å²) in [6.07, 6.45) is 39.8. The van der Waals surface area contributed by atoms with Gasteiger partial charge in [0.1, 0.15) is 6.61 Å². The molecule has 0 heterocycles. The second kappa shape index (κ2) is 36.1. The lowest BCUT2D eigenvalue weighted by Gasteiger charge is -2.15. The summed E-state index contributed by atoms with van der Waals surface area (Å²) in [6.45, 7) is 4.13. The molecule has 5 heteroatoms. The Labute approximate surface area is 273 Å². The number of hydrogen-bond donors (Lipinski definition) is 1. The largest absolute Gasteiger partial charge is 0.462 e. The Morgan fingerprint density at radius 2 is 0.841 bits per heavy atom. The molecule has 0 amide bonds. The minimum Gasteiger partial charge on any atom is -0.462 e. The van der Waals surface area contributed by atoms with Gasteiger partial charge in [-0.25, -0.2) is 0 Å². The number of unbranched alkanes of at least 4 members (excludes halogenated alkanes) is 25. The molecule has 0 aromatic rings. The van der Waals surface area contributed by atoms with Crippen LogP contribution in [0.4, 0.5) is 0 Å². The van der Waals surface area contributed by atoms with Crippen LogP contribution in [0.25, 0.3) is 0 Å². The van der Waals surface area contributed by atoms with Crippen molar-refractivity contribution in [1.29, 1.82) is 0 Å². The van der Waals surface area contributed by atoms with E-state index in [9.17, 15) is 14.7 Å². The molecule has 0 rings (SSSR count). The number of hydrogen-bond acceptors (Lipinski definition) is 5. The van der Waals surface area contributed by atoms with Crippen molar-refractivity contribution in [2.24, 2.45) is 0 Å². The van der Waals surface area contributed by atoms with E-state index in [0.29, 0.717) is 12.8 Å². The van der Waals surface area contributed by atoms with E-state index in [4.69, 9.17) is 9.47 Å². The first-order valence-electron chi connectivity index (χ1n) is 19.2. The van der Waals surface area contributed by atoms with Gasteiger partial charge >= 0.3 is 11.9 Å². The number of allylic oxidation sites excluding steroid dienone is 2. The van der Waals surface area contributed by atoms with Gasteiger partial charge in [-0.05, 0) is 38.5 Å². The van der Waals surface area contributed by atoms with Crippen molar-refractivity contribution in [2.75, 3.05) is 13.2 Å². The van der Waals surface area contributed by atoms with Crippen LogP contribution < -0.4 is 0 Å². The fourth-order valence-electron chi connectivity index (χ4n) is 5.61. The van der Waals surface area contributed by atoms with Crippen LogP contribution in [-0.2, 0) is 19.1 Å². The summed E-state index contributed by atoms with van der Waals surface area (Å²) >= 11 is 0. The van der Waals surface area contributed by atoms with Gasteiger partial charge < -0.3 is 14.6 Å². The predicted molar refractivity (Wildman–Crippen MR) is 187 cm³/mol. The van der Waals surface area contributed by atoms with Crippen molar-refractivity contribution in [3.63, 3.8) is 0 Å². The number of rotatable bonds is 35. The maximum atomic E-state index is 12.1. The summed E-state index contributed by atoms with van der Waals surface area (Å²) in [7, 11) is 0. The number of carbonyl (C=O) groups is 2. The number of esters is 2. The molecule has 0 fully saturated rings. The normalized spacial score (nSPS) is 12.2. The van der Waals surface area contributed by atoms with Crippen LogP contribution in [0.2, 0.25) is 0 Å². The SMILES string of the molecule is CCCCCCC/C=C\CCCCCCCC(=O)OC(CO)COC(=O)CCCCCCCCCCCCCCCCCC. The number of ether oxygens (including phenoxy) is 2. The molecule has 0 spiro atoms. The first kappa shape index (κ1) is 42.6. The Kier molecular flexibility index (Phi) is 35.0. The van der Waals surface area contributed by atoms with E-state index in [1.54, 1.807) is 0 Å². The van der Waals surface area contributed by atoms with Gasteiger partial charge in [0.25, 0.3) is 0 Å². The molecule has 0 bridgehead atoms. The van der Waals surface area contributed by atoms with Crippen molar-refractivity contribution in [2.45, 2.75) is 213 Å². The van der Waals surface area contributed by atoms with Gasteiger partial charge in [-0.15, -0.1) is 0 Å². The van der Waals surface area contributed by atoms with Crippen LogP contribution in [0.5, 0.6) is 0 Å². The maximum absolute atomic E-state index is 12.1. The van der Waals surface area contributed by atoms with E-state index in [-0.39, 0.29) is 25.2 Å². The number of aliphatic hydroxyl groups excluding tert-OH is 1. The van der Waals surface area contributed by atoms with E-state index in [2.05, 4.69) is 26.0 Å². The molecule has 0 saturated carbocycles. The Hall–Kier alpha value is -1.36. The van der Waals surface area contributed by atoms with Crippen molar-refractivity contribution >= 4 is 11.9 Å². The molecule has 1 N–H and O–H groups in total. The molecule has 44 heavy (non-hydrogen) atoms. The smallest absolute Gasteiger partial charge is 0.306 e. The summed E-state index contributed by atoms with van der Waals surface area (Å²) in [6, 6.07) is 0. The molecular formula is C39H74O5. The van der Waals surface area contributed by atoms with E-state index in [1.807, 2.05) is 0 Å². The van der Waals surface area contributed by atoms with Crippen molar-refractivity contribution in [3.8, 4) is 0 Å². The monoisotopic (exact) mass is 623 g/mol. The quantitative estimate of drug-likeness (QED) is 0.0432. The van der Waals surface area contributed by atoms with Gasteiger partial charge in [-0.1, -0.05) is 167 Å². The van der Waals surface area contributed by atoms with E-state index < -0.39 is 6.10 Å². The molecule has 0 aromatic heterocycles. The fraction of sp³-hybridized carbons (Fsp3) is 0.897. The van der Waals surface area contributed by atoms with Crippen LogP contribution in [-0.4, -0.2) is 36.4 Å². The van der Waals surface area contributed by atoms with Gasteiger partial charge in [0.15, 0.2) is 6.10 Å². The summed E-state index contributed by atoms with van der Waals surface area (Å²) in [4.78, 5) is 24.2. The second-order valence-corrected chi connectivity index (χ2v) is 13.0. The van der Waals surface area contributed by atoms with E-state index >= 15 is 0 Å². The zero-order valence-electron chi connectivity index (χ0n) is 29.4. The van der Waals surface area contributed by atoms with Gasteiger partial charge in [0.05, 0.1) is 6.61 Å². The lowest BCUT2D eigenvalue weighted by Crippen LogP contribution is -2.28. The van der Waals surface area contributed by atoms with Crippen molar-refractivity contribution in [1.82, 2.24) is 0 Å². The third-order valence-electron chi connectivity index (χ3n) is 8.56. The molecule has 1 atom stereocenters. The zero-order chi connectivity index (χ0) is 32.2. The fourth-order valence-corrected chi connectivity index (χ4v) is 5.61. The van der Waals surface area contributed by atoms with E-state index in [0.717, 1.165) is 44.9 Å². The Morgan fingerprint density at radius 3 is 1.23 bits per heavy atom. The van der Waals surface area contributed by atoms with Gasteiger partial charge in [0.2, 0.25) is 0 Å². The highest BCUT2D eigenvalue weighted by atomic mass is 16.6. The second-order valence-electron chi connectivity index (χ2n) is 13.0. The number of aliphatic hydroxyl groups is 1. The highest BCUT2D eigenvalue weighted by Crippen LogP contribution is 2.15. The highest BCUT2D eigenvalue weighted by molar-refractivity contribution is 5.70. The molecule has 0 aromatic carbocycles. The Balaban J connectivity index is 3.53. The third kappa shape index (κ3) is 33.5. The zero-order valence-corrected chi connectivity index (χ0v) is 29.4. The lowest BCUT2D eigenvalue weighted by molar-refractivity contribution is -0.161. The summed E-state index contributed by atoms with van der Waals surface area (Å²) in [5, 5.41) is 9.53. The highest BCUT2D eigenvalue weighted by Gasteiger charge is 2.16. The first-order valence-corrected chi connectivity index (χ1v) is 19.2. The minimum atomic E-state index is -0.768. The van der Waals surface area contributed by atoms with Gasteiger partial charge in [0, 0.05) is 12.8 Å². The first-order chi connectivity index (χ1) is 21.6. The third-order valence-corrected chi connectivity index (χ3v) is 8.56. The van der Waals surface area contributed by atoms with Gasteiger partial charge in [-0.2, -0.15) is 0 Å². The van der Waals surface area contributed by atoms with Crippen LogP contribution in [0.1, 0.15) is 206 Å². The number of carbonyl (C=O) groups excluding carboxylic acids is 2. The molecule has 1 unspecified atom stereocenters. The van der Waals surface area contributed by atoms with Crippen molar-refractivity contribution in [3.05, 3.63) is 12.2 Å². The molecule has 0 aliphatic carbocycles. The summed E-state index contributed by atoms with van der Waals surface area (Å²) in [5.41, 5.74) is 0. The van der Waals surface area contributed by atoms with Crippen LogP contribution in [0.3, 0.4) is 0 Å². The minimum absolute atomic E-state index is 0.0633. The Bertz CT molecular complexity index is 632. The van der Waals surface area contributed by atoms with Crippen LogP contribution in [0.15, 0.2) is 12.2 Å². The Morgan fingerprint density at radius 1 is 0.500 bits per heavy atom. The molecule has 0 aliphatic rings. The molecule has 0 radical (unpaired) electrons. The average Bonchev–Trinajstić information content (AvgIpc) is 3.02. The summed E-state index contributed by atoms with van der Waals surface area (Å²) in [5.74, 6) is -0.591. The van der Waals surface area contributed by atoms with E-state index in [1.165, 1.54) is 135 Å². The maximum Gasteiger partial charge on any atom is 0.306 e. The van der Waals surface area contributed by atoms with Crippen LogP contribution in [0, 0.1) is 0 Å². The molecular weight excluding hydrogens is 548 g/mol. The van der Waals surface area contributed by atoms with Gasteiger partial charge in [-0.3, -0.25) is 9.59 Å². The molecule has 0 aliphatic heterocycles. The predicted octanol–water partition coefficient (Wildman–Crippen LogP) is 11.7. The molecule has 5 nitrogen and oxygen atoms in total. The standard InChI is InChI=1S/C39H74O5/c1-3-5-7-9-11-13-15-17-19-20-22-23-25-27-29-31-33-38(41)43-36-37(35-40)44-39(42)34-32-30-28-26-24-21-18-16-14-12-10-8-6-4-2/h16,18,37,40H,3-15,17,19-36H2,1-2H3/b18-16-. The lowest BCUT2D eigenvalue weighted by atomic mass is 10.0. The van der Waals surface area contributed by atoms with Crippen molar-refractivity contribution < 1.29 is 24.2 Å². The topological polar surface area (TPSA) is 72.8 Å².